The highest BCUT2D eigenvalue weighted by Gasteiger charge is 2.51. The van der Waals surface area contributed by atoms with Crippen molar-refractivity contribution in [3.8, 4) is 5.69 Å². The van der Waals surface area contributed by atoms with Crippen LogP contribution in [0.5, 0.6) is 0 Å². The summed E-state index contributed by atoms with van der Waals surface area (Å²) in [6, 6.07) is 21.2. The van der Waals surface area contributed by atoms with Gasteiger partial charge in [0.2, 0.25) is 0 Å². The van der Waals surface area contributed by atoms with Crippen LogP contribution in [-0.2, 0) is 9.31 Å². The molecule has 1 saturated heterocycles. The molecule has 0 unspecified atom stereocenters. The molecular weight excluding hydrogens is 364 g/mol. The van der Waals surface area contributed by atoms with E-state index in [1.807, 2.05) is 24.3 Å². The van der Waals surface area contributed by atoms with Crippen molar-refractivity contribution < 1.29 is 13.7 Å². The van der Waals surface area contributed by atoms with E-state index in [1.54, 1.807) is 0 Å². The molecule has 1 aliphatic rings. The SMILES string of the molecule is CC1(C)OB(c2ccc3c(c2)c2ccccc2n3-c2ccc(F)cc2)OC1(C)C. The Morgan fingerprint density at radius 3 is 2.07 bits per heavy atom. The van der Waals surface area contributed by atoms with Gasteiger partial charge in [-0.3, -0.25) is 0 Å². The van der Waals surface area contributed by atoms with Crippen LogP contribution in [0.15, 0.2) is 66.7 Å². The van der Waals surface area contributed by atoms with Gasteiger partial charge < -0.3 is 13.9 Å². The minimum atomic E-state index is -0.405. The van der Waals surface area contributed by atoms with Gasteiger partial charge in [-0.2, -0.15) is 0 Å². The van der Waals surface area contributed by atoms with Crippen molar-refractivity contribution in [2.24, 2.45) is 0 Å². The Labute approximate surface area is 170 Å². The highest BCUT2D eigenvalue weighted by molar-refractivity contribution is 6.62. The smallest absolute Gasteiger partial charge is 0.399 e. The maximum absolute atomic E-state index is 13.5. The lowest BCUT2D eigenvalue weighted by molar-refractivity contribution is 0.00578. The van der Waals surface area contributed by atoms with Gasteiger partial charge in [0.05, 0.1) is 22.2 Å². The Balaban J connectivity index is 1.70. The van der Waals surface area contributed by atoms with E-state index in [0.29, 0.717) is 0 Å². The second kappa shape index (κ2) is 6.18. The predicted molar refractivity (Wildman–Crippen MR) is 116 cm³/mol. The third-order valence-corrected chi connectivity index (χ3v) is 6.31. The number of para-hydroxylation sites is 1. The van der Waals surface area contributed by atoms with Crippen molar-refractivity contribution >= 4 is 34.4 Å². The lowest BCUT2D eigenvalue weighted by Gasteiger charge is -2.32. The highest BCUT2D eigenvalue weighted by Crippen LogP contribution is 2.37. The molecule has 146 valence electrons. The van der Waals surface area contributed by atoms with Gasteiger partial charge >= 0.3 is 7.12 Å². The molecule has 0 aliphatic carbocycles. The predicted octanol–water partition coefficient (Wildman–Crippen LogP) is 5.22. The van der Waals surface area contributed by atoms with Gasteiger partial charge in [-0.25, -0.2) is 4.39 Å². The minimum absolute atomic E-state index is 0.238. The first-order chi connectivity index (χ1) is 13.8. The molecular formula is C24H23BFNO2. The lowest BCUT2D eigenvalue weighted by atomic mass is 9.78. The average Bonchev–Trinajstić information content (AvgIpc) is 3.12. The number of halogens is 1. The highest BCUT2D eigenvalue weighted by atomic mass is 19.1. The van der Waals surface area contributed by atoms with Crippen molar-refractivity contribution in [3.05, 3.63) is 72.5 Å². The van der Waals surface area contributed by atoms with Crippen LogP contribution in [0.3, 0.4) is 0 Å². The van der Waals surface area contributed by atoms with Gasteiger partial charge in [0.1, 0.15) is 5.82 Å². The van der Waals surface area contributed by atoms with Crippen LogP contribution in [0.25, 0.3) is 27.5 Å². The Morgan fingerprint density at radius 2 is 1.38 bits per heavy atom. The molecule has 0 spiro atoms. The Hall–Kier alpha value is -2.63. The molecule has 1 aromatic heterocycles. The number of aromatic nitrogens is 1. The Morgan fingerprint density at radius 1 is 0.759 bits per heavy atom. The zero-order valence-electron chi connectivity index (χ0n) is 17.1. The second-order valence-electron chi connectivity index (χ2n) is 8.69. The third-order valence-electron chi connectivity index (χ3n) is 6.31. The van der Waals surface area contributed by atoms with Crippen molar-refractivity contribution in [2.45, 2.75) is 38.9 Å². The van der Waals surface area contributed by atoms with E-state index in [4.69, 9.17) is 9.31 Å². The summed E-state index contributed by atoms with van der Waals surface area (Å²) < 4.78 is 28.1. The minimum Gasteiger partial charge on any atom is -0.399 e. The van der Waals surface area contributed by atoms with E-state index < -0.39 is 7.12 Å². The number of benzene rings is 3. The van der Waals surface area contributed by atoms with Crippen LogP contribution in [0.4, 0.5) is 4.39 Å². The number of fused-ring (bicyclic) bond motifs is 3. The van der Waals surface area contributed by atoms with Gasteiger partial charge in [-0.05, 0) is 69.6 Å². The maximum atomic E-state index is 13.5. The monoisotopic (exact) mass is 387 g/mol. The molecule has 3 aromatic carbocycles. The van der Waals surface area contributed by atoms with Gasteiger partial charge in [0.15, 0.2) is 0 Å². The summed E-state index contributed by atoms with van der Waals surface area (Å²) in [4.78, 5) is 0. The van der Waals surface area contributed by atoms with Gasteiger partial charge in [-0.1, -0.05) is 30.3 Å². The van der Waals surface area contributed by atoms with Crippen LogP contribution < -0.4 is 5.46 Å². The molecule has 29 heavy (non-hydrogen) atoms. The molecule has 4 aromatic rings. The molecule has 2 heterocycles. The van der Waals surface area contributed by atoms with E-state index in [2.05, 4.69) is 62.6 Å². The fourth-order valence-electron chi connectivity index (χ4n) is 3.98. The zero-order chi connectivity index (χ0) is 20.4. The van der Waals surface area contributed by atoms with Crippen LogP contribution in [0, 0.1) is 5.82 Å². The number of nitrogens with zero attached hydrogens (tertiary/aromatic N) is 1. The Bertz CT molecular complexity index is 1210. The Kier molecular flexibility index (Phi) is 3.93. The van der Waals surface area contributed by atoms with Crippen LogP contribution in [0.2, 0.25) is 0 Å². The third kappa shape index (κ3) is 2.80. The van der Waals surface area contributed by atoms with Crippen LogP contribution in [-0.4, -0.2) is 22.9 Å². The van der Waals surface area contributed by atoms with Crippen molar-refractivity contribution in [1.29, 1.82) is 0 Å². The fourth-order valence-corrected chi connectivity index (χ4v) is 3.98. The van der Waals surface area contributed by atoms with Crippen molar-refractivity contribution in [2.75, 3.05) is 0 Å². The summed E-state index contributed by atoms with van der Waals surface area (Å²) in [7, 11) is -0.405. The molecule has 0 radical (unpaired) electrons. The zero-order valence-corrected chi connectivity index (χ0v) is 17.1. The summed E-state index contributed by atoms with van der Waals surface area (Å²) in [6.45, 7) is 8.25. The molecule has 5 rings (SSSR count). The van der Waals surface area contributed by atoms with Crippen molar-refractivity contribution in [1.82, 2.24) is 4.57 Å². The van der Waals surface area contributed by atoms with Gasteiger partial charge in [-0.15, -0.1) is 0 Å². The number of hydrogen-bond donors (Lipinski definition) is 0. The molecule has 1 aliphatic heterocycles. The topological polar surface area (TPSA) is 23.4 Å². The van der Waals surface area contributed by atoms with E-state index in [9.17, 15) is 4.39 Å². The van der Waals surface area contributed by atoms with Crippen LogP contribution >= 0.6 is 0 Å². The van der Waals surface area contributed by atoms with E-state index in [1.165, 1.54) is 12.1 Å². The molecule has 1 fully saturated rings. The normalized spacial score (nSPS) is 18.0. The lowest BCUT2D eigenvalue weighted by Crippen LogP contribution is -2.41. The largest absolute Gasteiger partial charge is 0.494 e. The van der Waals surface area contributed by atoms with E-state index in [0.717, 1.165) is 33.0 Å². The van der Waals surface area contributed by atoms with E-state index in [-0.39, 0.29) is 17.0 Å². The second-order valence-corrected chi connectivity index (χ2v) is 8.69. The first-order valence-electron chi connectivity index (χ1n) is 9.91. The number of hydrogen-bond acceptors (Lipinski definition) is 2. The molecule has 3 nitrogen and oxygen atoms in total. The summed E-state index contributed by atoms with van der Waals surface area (Å²) in [5.74, 6) is -0.238. The number of rotatable bonds is 2. The molecule has 5 heteroatoms. The summed E-state index contributed by atoms with van der Waals surface area (Å²) in [6.07, 6.45) is 0. The quantitative estimate of drug-likeness (QED) is 0.440. The average molecular weight is 387 g/mol. The summed E-state index contributed by atoms with van der Waals surface area (Å²) in [5, 5.41) is 2.27. The molecule has 0 bridgehead atoms. The standard InChI is InChI=1S/C24H23BFNO2/c1-23(2)24(3,4)29-25(28-23)16-9-14-22-20(15-16)19-7-5-6-8-21(19)27(22)18-12-10-17(26)11-13-18/h5-15H,1-4H3. The van der Waals surface area contributed by atoms with Crippen molar-refractivity contribution in [3.63, 3.8) is 0 Å². The molecule has 0 amide bonds. The first-order valence-corrected chi connectivity index (χ1v) is 9.91. The molecule has 0 atom stereocenters. The first kappa shape index (κ1) is 18.4. The fraction of sp³-hybridized carbons (Fsp3) is 0.250. The summed E-state index contributed by atoms with van der Waals surface area (Å²) in [5.41, 5.74) is 3.32. The van der Waals surface area contributed by atoms with Crippen LogP contribution in [0.1, 0.15) is 27.7 Å². The molecule has 0 N–H and O–H groups in total. The maximum Gasteiger partial charge on any atom is 0.494 e. The summed E-state index contributed by atoms with van der Waals surface area (Å²) >= 11 is 0. The molecule has 0 saturated carbocycles. The van der Waals surface area contributed by atoms with E-state index >= 15 is 0 Å². The van der Waals surface area contributed by atoms with Gasteiger partial charge in [0.25, 0.3) is 0 Å². The van der Waals surface area contributed by atoms with Gasteiger partial charge in [0, 0.05) is 16.5 Å².